The number of hydrogen-bond acceptors (Lipinski definition) is 7. The number of aromatic nitrogens is 2. The van der Waals surface area contributed by atoms with Gasteiger partial charge in [0.25, 0.3) is 5.91 Å². The predicted octanol–water partition coefficient (Wildman–Crippen LogP) is 2.11. The number of benzene rings is 1. The number of nitrogens with one attached hydrogen (secondary N) is 1. The Hall–Kier alpha value is -3.03. The van der Waals surface area contributed by atoms with Crippen molar-refractivity contribution in [2.75, 3.05) is 37.7 Å². The van der Waals surface area contributed by atoms with Crippen LogP contribution in [0, 0.1) is 6.92 Å². The van der Waals surface area contributed by atoms with Crippen LogP contribution in [0.1, 0.15) is 25.1 Å². The van der Waals surface area contributed by atoms with Gasteiger partial charge in [-0.3, -0.25) is 4.79 Å². The lowest BCUT2D eigenvalue weighted by atomic mass is 10.1. The number of para-hydroxylation sites is 2. The third kappa shape index (κ3) is 4.88. The van der Waals surface area contributed by atoms with Crippen molar-refractivity contribution < 1.29 is 19.0 Å². The quantitative estimate of drug-likeness (QED) is 0.746. The fraction of sp³-hybridized carbons (Fsp3) is 0.476. The third-order valence-electron chi connectivity index (χ3n) is 4.93. The number of rotatable bonds is 6. The highest BCUT2D eigenvalue weighted by atomic mass is 16.6. The molecule has 29 heavy (non-hydrogen) atoms. The lowest BCUT2D eigenvalue weighted by molar-refractivity contribution is -0.130. The second-order valence-corrected chi connectivity index (χ2v) is 7.16. The second kappa shape index (κ2) is 8.98. The summed E-state index contributed by atoms with van der Waals surface area (Å²) in [4.78, 5) is 23.5. The number of piperidine rings is 1. The van der Waals surface area contributed by atoms with Crippen LogP contribution in [0.4, 0.5) is 5.82 Å². The molecule has 2 aliphatic heterocycles. The monoisotopic (exact) mass is 398 g/mol. The Morgan fingerprint density at radius 3 is 2.83 bits per heavy atom. The Morgan fingerprint density at radius 1 is 1.21 bits per heavy atom. The van der Waals surface area contributed by atoms with E-state index in [1.54, 1.807) is 6.07 Å². The molecule has 2 aromatic rings. The molecule has 0 aliphatic carbocycles. The summed E-state index contributed by atoms with van der Waals surface area (Å²) in [5, 5.41) is 2.82. The lowest BCUT2D eigenvalue weighted by Crippen LogP contribution is -2.45. The number of carbonyl (C=O) groups excluding carboxylic acids is 1. The van der Waals surface area contributed by atoms with E-state index in [4.69, 9.17) is 14.2 Å². The molecule has 1 atom stereocenters. The summed E-state index contributed by atoms with van der Waals surface area (Å²) >= 11 is 0. The maximum absolute atomic E-state index is 12.3. The Bertz CT molecular complexity index is 854. The van der Waals surface area contributed by atoms with Crippen LogP contribution in [0.25, 0.3) is 0 Å². The Balaban J connectivity index is 1.25. The van der Waals surface area contributed by atoms with E-state index >= 15 is 0 Å². The summed E-state index contributed by atoms with van der Waals surface area (Å²) in [6, 6.07) is 9.19. The van der Waals surface area contributed by atoms with E-state index in [1.165, 1.54) is 19.3 Å². The Kier molecular flexibility index (Phi) is 5.97. The first kappa shape index (κ1) is 19.3. The number of hydrogen-bond donors (Lipinski definition) is 1. The normalized spacial score (nSPS) is 18.2. The van der Waals surface area contributed by atoms with Gasteiger partial charge in [0.2, 0.25) is 12.0 Å². The highest BCUT2D eigenvalue weighted by Crippen LogP contribution is 2.30. The summed E-state index contributed by atoms with van der Waals surface area (Å²) in [5.41, 5.74) is 0. The van der Waals surface area contributed by atoms with Crippen LogP contribution in [0.3, 0.4) is 0 Å². The molecule has 1 saturated heterocycles. The van der Waals surface area contributed by atoms with Gasteiger partial charge < -0.3 is 24.4 Å². The van der Waals surface area contributed by atoms with E-state index in [0.717, 1.165) is 18.9 Å². The minimum Gasteiger partial charge on any atom is -0.485 e. The number of carbonyl (C=O) groups is 1. The zero-order valence-electron chi connectivity index (χ0n) is 16.6. The standard InChI is InChI=1S/C21H26N4O4/c1-15-23-19(25-10-5-2-6-11-25)13-20(24-15)27-12-9-22-21(26)18-14-28-16-7-3-4-8-17(16)29-18/h3-4,7-8,13,18H,2,5-6,9-12,14H2,1H3,(H,22,26). The van der Waals surface area contributed by atoms with Gasteiger partial charge in [-0.1, -0.05) is 12.1 Å². The summed E-state index contributed by atoms with van der Waals surface area (Å²) in [6.45, 7) is 4.74. The molecule has 8 nitrogen and oxygen atoms in total. The summed E-state index contributed by atoms with van der Waals surface area (Å²) in [5.74, 6) is 3.12. The number of fused-ring (bicyclic) bond motifs is 1. The largest absolute Gasteiger partial charge is 0.485 e. The number of nitrogens with zero attached hydrogens (tertiary/aromatic N) is 3. The van der Waals surface area contributed by atoms with Crippen LogP contribution < -0.4 is 24.4 Å². The Labute approximate surface area is 170 Å². The molecule has 1 aromatic heterocycles. The van der Waals surface area contributed by atoms with E-state index in [1.807, 2.05) is 31.2 Å². The van der Waals surface area contributed by atoms with Crippen molar-refractivity contribution in [1.82, 2.24) is 15.3 Å². The molecule has 0 spiro atoms. The van der Waals surface area contributed by atoms with Crippen LogP contribution in [0.5, 0.6) is 17.4 Å². The molecule has 0 bridgehead atoms. The highest BCUT2D eigenvalue weighted by molar-refractivity contribution is 5.81. The molecule has 8 heteroatoms. The van der Waals surface area contributed by atoms with Crippen molar-refractivity contribution in [2.24, 2.45) is 0 Å². The molecule has 4 rings (SSSR count). The maximum atomic E-state index is 12.3. The molecule has 3 heterocycles. The molecule has 1 N–H and O–H groups in total. The van der Waals surface area contributed by atoms with Crippen molar-refractivity contribution in [3.63, 3.8) is 0 Å². The van der Waals surface area contributed by atoms with E-state index < -0.39 is 6.10 Å². The van der Waals surface area contributed by atoms with Crippen molar-refractivity contribution in [3.8, 4) is 17.4 Å². The zero-order chi connectivity index (χ0) is 20.1. The van der Waals surface area contributed by atoms with Crippen LogP contribution >= 0.6 is 0 Å². The van der Waals surface area contributed by atoms with Crippen molar-refractivity contribution in [3.05, 3.63) is 36.2 Å². The summed E-state index contributed by atoms with van der Waals surface area (Å²) in [7, 11) is 0. The van der Waals surface area contributed by atoms with Gasteiger partial charge >= 0.3 is 0 Å². The molecule has 2 aliphatic rings. The molecule has 154 valence electrons. The van der Waals surface area contributed by atoms with Gasteiger partial charge in [0.15, 0.2) is 11.5 Å². The molecular weight excluding hydrogens is 372 g/mol. The van der Waals surface area contributed by atoms with Gasteiger partial charge in [-0.25, -0.2) is 4.98 Å². The van der Waals surface area contributed by atoms with Crippen LogP contribution in [-0.2, 0) is 4.79 Å². The topological polar surface area (TPSA) is 85.8 Å². The molecule has 0 radical (unpaired) electrons. The van der Waals surface area contributed by atoms with Gasteiger partial charge in [0.1, 0.15) is 24.9 Å². The van der Waals surface area contributed by atoms with Crippen LogP contribution in [0.2, 0.25) is 0 Å². The van der Waals surface area contributed by atoms with Gasteiger partial charge in [-0.2, -0.15) is 4.98 Å². The smallest absolute Gasteiger partial charge is 0.264 e. The van der Waals surface area contributed by atoms with Gasteiger partial charge in [-0.15, -0.1) is 0 Å². The van der Waals surface area contributed by atoms with E-state index in [9.17, 15) is 4.79 Å². The van der Waals surface area contributed by atoms with Crippen molar-refractivity contribution >= 4 is 11.7 Å². The number of amides is 1. The number of anilines is 1. The van der Waals surface area contributed by atoms with E-state index in [2.05, 4.69) is 20.2 Å². The minimum absolute atomic E-state index is 0.188. The lowest BCUT2D eigenvalue weighted by Gasteiger charge is -2.28. The Morgan fingerprint density at radius 2 is 2.00 bits per heavy atom. The molecule has 0 saturated carbocycles. The summed E-state index contributed by atoms with van der Waals surface area (Å²) in [6.07, 6.45) is 2.97. The maximum Gasteiger partial charge on any atom is 0.264 e. The highest BCUT2D eigenvalue weighted by Gasteiger charge is 2.26. The zero-order valence-corrected chi connectivity index (χ0v) is 16.6. The molecule has 1 amide bonds. The first-order valence-corrected chi connectivity index (χ1v) is 10.1. The van der Waals surface area contributed by atoms with E-state index in [-0.39, 0.29) is 12.5 Å². The van der Waals surface area contributed by atoms with Crippen LogP contribution in [-0.4, -0.2) is 54.8 Å². The molecule has 1 aromatic carbocycles. The fourth-order valence-electron chi connectivity index (χ4n) is 3.48. The third-order valence-corrected chi connectivity index (χ3v) is 4.93. The fourth-order valence-corrected chi connectivity index (χ4v) is 3.48. The molecule has 1 fully saturated rings. The number of ether oxygens (including phenoxy) is 3. The van der Waals surface area contributed by atoms with E-state index in [0.29, 0.717) is 36.4 Å². The van der Waals surface area contributed by atoms with Gasteiger partial charge in [0.05, 0.1) is 6.54 Å². The number of aryl methyl sites for hydroxylation is 1. The first-order chi connectivity index (χ1) is 14.2. The SMILES string of the molecule is Cc1nc(OCCNC(=O)C2COc3ccccc3O2)cc(N2CCCCC2)n1. The van der Waals surface area contributed by atoms with Gasteiger partial charge in [0, 0.05) is 19.2 Å². The van der Waals surface area contributed by atoms with Crippen molar-refractivity contribution in [2.45, 2.75) is 32.3 Å². The predicted molar refractivity (Wildman–Crippen MR) is 108 cm³/mol. The van der Waals surface area contributed by atoms with Gasteiger partial charge in [-0.05, 0) is 38.3 Å². The van der Waals surface area contributed by atoms with Crippen LogP contribution in [0.15, 0.2) is 30.3 Å². The molecular formula is C21H26N4O4. The average Bonchev–Trinajstić information content (AvgIpc) is 2.76. The van der Waals surface area contributed by atoms with Crippen molar-refractivity contribution in [1.29, 1.82) is 0 Å². The molecule has 1 unspecified atom stereocenters. The second-order valence-electron chi connectivity index (χ2n) is 7.16. The average molecular weight is 398 g/mol. The first-order valence-electron chi connectivity index (χ1n) is 10.1. The summed E-state index contributed by atoms with van der Waals surface area (Å²) < 4.78 is 17.0. The minimum atomic E-state index is -0.670.